The van der Waals surface area contributed by atoms with E-state index in [4.69, 9.17) is 15.3 Å². The molecule has 0 radical (unpaired) electrons. The lowest BCUT2D eigenvalue weighted by Crippen LogP contribution is -2.19. The summed E-state index contributed by atoms with van der Waals surface area (Å²) in [7, 11) is 0. The molecular formula is C7H11NO6. The number of carboxylic acid groups (broad SMARTS) is 3. The van der Waals surface area contributed by atoms with Gasteiger partial charge >= 0.3 is 18.0 Å². The maximum Gasteiger partial charge on any atom is 0.404 e. The molecule has 0 bridgehead atoms. The number of rotatable bonds is 3. The van der Waals surface area contributed by atoms with Crippen molar-refractivity contribution in [3.63, 3.8) is 0 Å². The predicted molar refractivity (Wildman–Crippen MR) is 46.1 cm³/mol. The first-order valence-electron chi connectivity index (χ1n) is 3.50. The molecule has 0 rings (SSSR count). The van der Waals surface area contributed by atoms with E-state index in [0.717, 1.165) is 0 Å². The number of carbonyl (C=O) groups is 3. The maximum absolute atomic E-state index is 9.55. The number of amides is 1. The minimum Gasteiger partial charge on any atom is -0.478 e. The van der Waals surface area contributed by atoms with Gasteiger partial charge < -0.3 is 20.6 Å². The molecule has 0 aliphatic carbocycles. The number of aliphatic carboxylic acids is 2. The molecule has 80 valence electrons. The Morgan fingerprint density at radius 3 is 1.50 bits per heavy atom. The molecule has 0 aromatic heterocycles. The van der Waals surface area contributed by atoms with E-state index in [0.29, 0.717) is 18.7 Å². The Kier molecular flexibility index (Phi) is 9.35. The highest BCUT2D eigenvalue weighted by atomic mass is 16.4. The van der Waals surface area contributed by atoms with E-state index in [-0.39, 0.29) is 0 Å². The summed E-state index contributed by atoms with van der Waals surface area (Å²) < 4.78 is 0. The first-order valence-corrected chi connectivity index (χ1v) is 3.50. The van der Waals surface area contributed by atoms with Crippen LogP contribution in [0.5, 0.6) is 0 Å². The van der Waals surface area contributed by atoms with Gasteiger partial charge in [-0.1, -0.05) is 0 Å². The fourth-order valence-electron chi connectivity index (χ4n) is 0.294. The normalized spacial score (nSPS) is 8.64. The number of hydrogen-bond acceptors (Lipinski definition) is 3. The van der Waals surface area contributed by atoms with Crippen molar-refractivity contribution in [3.05, 3.63) is 12.2 Å². The molecule has 0 saturated carbocycles. The van der Waals surface area contributed by atoms with Crippen LogP contribution in [0.3, 0.4) is 0 Å². The zero-order chi connectivity index (χ0) is 11.6. The summed E-state index contributed by atoms with van der Waals surface area (Å²) in [5.41, 5.74) is 0. The highest BCUT2D eigenvalue weighted by molar-refractivity contribution is 5.89. The molecule has 7 heteroatoms. The standard InChI is InChI=1S/C4H4O4.C3H7NO2/c5-3(6)1-2-4(7)8;1-2-4-3(5)6/h1-2H,(H,5,6)(H,7,8);4H,2H2,1H3,(H,5,6)/b2-1+;. The van der Waals surface area contributed by atoms with Gasteiger partial charge in [0, 0.05) is 18.7 Å². The summed E-state index contributed by atoms with van der Waals surface area (Å²) in [6.45, 7) is 2.21. The molecule has 0 atom stereocenters. The van der Waals surface area contributed by atoms with E-state index in [1.807, 2.05) is 0 Å². The zero-order valence-electron chi connectivity index (χ0n) is 7.43. The van der Waals surface area contributed by atoms with Gasteiger partial charge in [0.1, 0.15) is 0 Å². The van der Waals surface area contributed by atoms with E-state index >= 15 is 0 Å². The summed E-state index contributed by atoms with van der Waals surface area (Å²) >= 11 is 0. The number of nitrogens with one attached hydrogen (secondary N) is 1. The van der Waals surface area contributed by atoms with Crippen molar-refractivity contribution in [1.29, 1.82) is 0 Å². The molecule has 0 fully saturated rings. The van der Waals surface area contributed by atoms with Crippen molar-refractivity contribution >= 4 is 18.0 Å². The Hall–Kier alpha value is -2.05. The third kappa shape index (κ3) is 22.5. The quantitative estimate of drug-likeness (QED) is 0.480. The van der Waals surface area contributed by atoms with E-state index < -0.39 is 18.0 Å². The van der Waals surface area contributed by atoms with Crippen LogP contribution in [0, 0.1) is 0 Å². The van der Waals surface area contributed by atoms with E-state index in [2.05, 4.69) is 5.32 Å². The van der Waals surface area contributed by atoms with Crippen molar-refractivity contribution in [2.24, 2.45) is 0 Å². The molecule has 0 spiro atoms. The second-order valence-corrected chi connectivity index (χ2v) is 1.85. The van der Waals surface area contributed by atoms with Crippen molar-refractivity contribution in [2.45, 2.75) is 6.92 Å². The molecule has 0 unspecified atom stereocenters. The van der Waals surface area contributed by atoms with Gasteiger partial charge in [-0.25, -0.2) is 14.4 Å². The average Bonchev–Trinajstić information content (AvgIpc) is 2.01. The van der Waals surface area contributed by atoms with Crippen LogP contribution in [0.4, 0.5) is 4.79 Å². The highest BCUT2D eigenvalue weighted by Gasteiger charge is 1.88. The predicted octanol–water partition coefficient (Wildman–Crippen LogP) is -0.0143. The maximum atomic E-state index is 9.55. The SMILES string of the molecule is CCNC(=O)O.O=C(O)/C=C/C(=O)O. The van der Waals surface area contributed by atoms with Gasteiger partial charge in [0.05, 0.1) is 0 Å². The van der Waals surface area contributed by atoms with Crippen molar-refractivity contribution in [3.8, 4) is 0 Å². The molecule has 14 heavy (non-hydrogen) atoms. The molecule has 0 aromatic carbocycles. The molecule has 1 amide bonds. The van der Waals surface area contributed by atoms with Gasteiger partial charge in [0.2, 0.25) is 0 Å². The van der Waals surface area contributed by atoms with Crippen molar-refractivity contribution in [1.82, 2.24) is 5.32 Å². The molecule has 0 aliphatic rings. The van der Waals surface area contributed by atoms with Crippen LogP contribution in [-0.2, 0) is 9.59 Å². The number of hydrogen-bond donors (Lipinski definition) is 4. The topological polar surface area (TPSA) is 124 Å². The Morgan fingerprint density at radius 2 is 1.43 bits per heavy atom. The Bertz CT molecular complexity index is 218. The van der Waals surface area contributed by atoms with Gasteiger partial charge in [-0.3, -0.25) is 0 Å². The third-order valence-corrected chi connectivity index (χ3v) is 0.696. The molecule has 0 saturated heterocycles. The highest BCUT2D eigenvalue weighted by Crippen LogP contribution is 1.70. The van der Waals surface area contributed by atoms with Gasteiger partial charge in [0.25, 0.3) is 0 Å². The van der Waals surface area contributed by atoms with Crippen LogP contribution < -0.4 is 5.32 Å². The van der Waals surface area contributed by atoms with Crippen LogP contribution in [0.15, 0.2) is 12.2 Å². The van der Waals surface area contributed by atoms with Crippen LogP contribution >= 0.6 is 0 Å². The monoisotopic (exact) mass is 205 g/mol. The van der Waals surface area contributed by atoms with Crippen LogP contribution in [0.1, 0.15) is 6.92 Å². The first-order chi connectivity index (χ1) is 6.40. The van der Waals surface area contributed by atoms with Gasteiger partial charge in [-0.2, -0.15) is 0 Å². The molecule has 0 heterocycles. The van der Waals surface area contributed by atoms with Gasteiger partial charge in [0.15, 0.2) is 0 Å². The Labute approximate surface area is 79.7 Å². The third-order valence-electron chi connectivity index (χ3n) is 0.696. The van der Waals surface area contributed by atoms with E-state index in [1.165, 1.54) is 0 Å². The molecule has 7 nitrogen and oxygen atoms in total. The largest absolute Gasteiger partial charge is 0.478 e. The Morgan fingerprint density at radius 1 is 1.07 bits per heavy atom. The molecule has 0 aliphatic heterocycles. The number of carboxylic acids is 2. The van der Waals surface area contributed by atoms with Crippen LogP contribution in [0.25, 0.3) is 0 Å². The van der Waals surface area contributed by atoms with E-state index in [9.17, 15) is 14.4 Å². The first kappa shape index (κ1) is 14.5. The fourth-order valence-corrected chi connectivity index (χ4v) is 0.294. The molecular weight excluding hydrogens is 194 g/mol. The average molecular weight is 205 g/mol. The van der Waals surface area contributed by atoms with Gasteiger partial charge in [-0.15, -0.1) is 0 Å². The lowest BCUT2D eigenvalue weighted by Gasteiger charge is -1.87. The summed E-state index contributed by atoms with van der Waals surface area (Å²) in [5, 5.41) is 25.6. The molecule has 0 aromatic rings. The second-order valence-electron chi connectivity index (χ2n) is 1.85. The van der Waals surface area contributed by atoms with Crippen LogP contribution in [-0.4, -0.2) is 39.9 Å². The fraction of sp³-hybridized carbons (Fsp3) is 0.286. The summed E-state index contributed by atoms with van der Waals surface area (Å²) in [6.07, 6.45) is 0.155. The lowest BCUT2D eigenvalue weighted by molar-refractivity contribution is -0.134. The smallest absolute Gasteiger partial charge is 0.404 e. The molecule has 4 N–H and O–H groups in total. The van der Waals surface area contributed by atoms with E-state index in [1.54, 1.807) is 6.92 Å². The minimum atomic E-state index is -1.26. The summed E-state index contributed by atoms with van der Waals surface area (Å²) in [4.78, 5) is 28.6. The van der Waals surface area contributed by atoms with Crippen LogP contribution in [0.2, 0.25) is 0 Å². The van der Waals surface area contributed by atoms with Crippen molar-refractivity contribution in [2.75, 3.05) is 6.54 Å². The lowest BCUT2D eigenvalue weighted by atomic mass is 10.5. The zero-order valence-corrected chi connectivity index (χ0v) is 7.43. The summed E-state index contributed by atoms with van der Waals surface area (Å²) in [6, 6.07) is 0. The minimum absolute atomic E-state index is 0.481. The summed E-state index contributed by atoms with van der Waals surface area (Å²) in [5.74, 6) is -2.51. The Balaban J connectivity index is 0. The van der Waals surface area contributed by atoms with Crippen molar-refractivity contribution < 1.29 is 29.7 Å². The van der Waals surface area contributed by atoms with Gasteiger partial charge in [-0.05, 0) is 6.92 Å². The second kappa shape index (κ2) is 9.04.